The fourth-order valence-corrected chi connectivity index (χ4v) is 5.25. The fourth-order valence-electron chi connectivity index (χ4n) is 2.03. The van der Waals surface area contributed by atoms with Crippen LogP contribution in [0.4, 0.5) is 5.13 Å². The highest BCUT2D eigenvalue weighted by Gasteiger charge is 2.23. The van der Waals surface area contributed by atoms with Crippen molar-refractivity contribution in [3.8, 4) is 10.6 Å². The summed E-state index contributed by atoms with van der Waals surface area (Å²) in [5.41, 5.74) is 0.815. The van der Waals surface area contributed by atoms with Gasteiger partial charge in [0.1, 0.15) is 4.38 Å². The first-order valence-corrected chi connectivity index (χ1v) is 10.5. The quantitative estimate of drug-likeness (QED) is 0.807. The summed E-state index contributed by atoms with van der Waals surface area (Å²) in [4.78, 5) is 16.8. The molecule has 2 heterocycles. The van der Waals surface area contributed by atoms with Gasteiger partial charge in [-0.15, -0.1) is 10.2 Å². The number of halogens is 1. The number of carbonyl (C=O) groups is 1. The molecule has 2 aromatic rings. The van der Waals surface area contributed by atoms with Crippen LogP contribution in [0.1, 0.15) is 13.3 Å². The Kier molecular flexibility index (Phi) is 6.15. The minimum Gasteiger partial charge on any atom is -0.300 e. The minimum absolute atomic E-state index is 0.0699. The summed E-state index contributed by atoms with van der Waals surface area (Å²) in [5, 5.41) is 12.6. The number of rotatable bonds is 5. The van der Waals surface area contributed by atoms with E-state index >= 15 is 0 Å². The van der Waals surface area contributed by atoms with E-state index in [0.29, 0.717) is 15.2 Å². The van der Waals surface area contributed by atoms with E-state index in [2.05, 4.69) is 20.5 Å². The summed E-state index contributed by atoms with van der Waals surface area (Å²) in [6, 6.07) is 7.45. The summed E-state index contributed by atoms with van der Waals surface area (Å²) in [5.74, 6) is 0.928. The van der Waals surface area contributed by atoms with Gasteiger partial charge in [0.15, 0.2) is 5.01 Å². The number of nitrogens with zero attached hydrogens (tertiary/aromatic N) is 3. The number of amides is 1. The lowest BCUT2D eigenvalue weighted by Crippen LogP contribution is -2.25. The minimum atomic E-state index is -0.179. The third-order valence-corrected chi connectivity index (χ3v) is 6.99. The summed E-state index contributed by atoms with van der Waals surface area (Å²) >= 11 is 10.7. The Bertz CT molecular complexity index is 765. The maximum atomic E-state index is 12.5. The van der Waals surface area contributed by atoms with Crippen LogP contribution in [0.3, 0.4) is 0 Å². The lowest BCUT2D eigenvalue weighted by atomic mass is 10.2. The summed E-state index contributed by atoms with van der Waals surface area (Å²) < 4.78 is 0.992. The zero-order valence-corrected chi connectivity index (χ0v) is 16.1. The zero-order chi connectivity index (χ0) is 16.9. The van der Waals surface area contributed by atoms with Gasteiger partial charge in [-0.2, -0.15) is 0 Å². The van der Waals surface area contributed by atoms with Crippen molar-refractivity contribution in [1.29, 1.82) is 0 Å². The monoisotopic (exact) mass is 398 g/mol. The Labute approximate surface area is 157 Å². The summed E-state index contributed by atoms with van der Waals surface area (Å²) in [6.07, 6.45) is 0.728. The second kappa shape index (κ2) is 8.33. The molecule has 126 valence electrons. The maximum absolute atomic E-state index is 12.5. The van der Waals surface area contributed by atoms with Gasteiger partial charge in [-0.3, -0.25) is 15.1 Å². The molecule has 5 nitrogen and oxygen atoms in total. The number of thioether (sulfide) groups is 2. The number of hydrogen-bond donors (Lipinski definition) is 1. The van der Waals surface area contributed by atoms with Gasteiger partial charge in [-0.05, 0) is 12.5 Å². The Morgan fingerprint density at radius 3 is 2.96 bits per heavy atom. The van der Waals surface area contributed by atoms with Gasteiger partial charge >= 0.3 is 0 Å². The highest BCUT2D eigenvalue weighted by atomic mass is 35.5. The molecule has 3 rings (SSSR count). The molecule has 0 saturated heterocycles. The molecule has 9 heteroatoms. The van der Waals surface area contributed by atoms with Crippen molar-refractivity contribution in [2.45, 2.75) is 18.6 Å². The van der Waals surface area contributed by atoms with Crippen LogP contribution >= 0.6 is 46.5 Å². The molecule has 1 N–H and O–H groups in total. The van der Waals surface area contributed by atoms with Crippen molar-refractivity contribution in [3.63, 3.8) is 0 Å². The largest absolute Gasteiger partial charge is 0.300 e. The van der Waals surface area contributed by atoms with E-state index in [1.807, 2.05) is 25.1 Å². The zero-order valence-electron chi connectivity index (χ0n) is 12.9. The van der Waals surface area contributed by atoms with Gasteiger partial charge in [0.05, 0.1) is 16.8 Å². The van der Waals surface area contributed by atoms with Crippen molar-refractivity contribution in [2.24, 2.45) is 4.99 Å². The molecule has 1 atom stereocenters. The van der Waals surface area contributed by atoms with Gasteiger partial charge in [-0.25, -0.2) is 0 Å². The Morgan fingerprint density at radius 1 is 1.42 bits per heavy atom. The van der Waals surface area contributed by atoms with Crippen LogP contribution < -0.4 is 5.32 Å². The molecule has 1 aliphatic heterocycles. The van der Waals surface area contributed by atoms with Gasteiger partial charge in [0.2, 0.25) is 11.0 Å². The number of anilines is 1. The molecule has 0 aliphatic carbocycles. The number of aromatic nitrogens is 2. The van der Waals surface area contributed by atoms with Gasteiger partial charge in [-0.1, -0.05) is 71.6 Å². The third-order valence-electron chi connectivity index (χ3n) is 3.22. The van der Waals surface area contributed by atoms with Crippen LogP contribution in [0.15, 0.2) is 29.3 Å². The SMILES string of the molecule is CCC(SC1=NCCS1)C(=O)Nc1nnc(-c2ccccc2Cl)s1. The molecule has 24 heavy (non-hydrogen) atoms. The van der Waals surface area contributed by atoms with Gasteiger partial charge in [0, 0.05) is 11.3 Å². The van der Waals surface area contributed by atoms with Crippen LogP contribution in [0, 0.1) is 0 Å². The molecule has 0 fully saturated rings. The van der Waals surface area contributed by atoms with E-state index in [1.54, 1.807) is 17.8 Å². The molecular weight excluding hydrogens is 384 g/mol. The van der Waals surface area contributed by atoms with Crippen LogP contribution in [-0.4, -0.2) is 38.0 Å². The lowest BCUT2D eigenvalue weighted by Gasteiger charge is -2.12. The van der Waals surface area contributed by atoms with Crippen molar-refractivity contribution < 1.29 is 4.79 Å². The summed E-state index contributed by atoms with van der Waals surface area (Å²) in [7, 11) is 0. The Balaban J connectivity index is 1.67. The molecular formula is C15H15ClN4OS3. The average molecular weight is 399 g/mol. The van der Waals surface area contributed by atoms with E-state index in [9.17, 15) is 4.79 Å². The Morgan fingerprint density at radius 2 is 2.25 bits per heavy atom. The van der Waals surface area contributed by atoms with E-state index in [1.165, 1.54) is 23.1 Å². The van der Waals surface area contributed by atoms with Crippen molar-refractivity contribution >= 4 is 61.9 Å². The molecule has 1 aliphatic rings. The second-order valence-corrected chi connectivity index (χ2v) is 8.81. The third kappa shape index (κ3) is 4.30. The van der Waals surface area contributed by atoms with Crippen LogP contribution in [0.5, 0.6) is 0 Å². The number of nitrogens with one attached hydrogen (secondary N) is 1. The van der Waals surface area contributed by atoms with Crippen LogP contribution in [0.2, 0.25) is 5.02 Å². The molecule has 1 aromatic heterocycles. The lowest BCUT2D eigenvalue weighted by molar-refractivity contribution is -0.115. The van der Waals surface area contributed by atoms with Crippen LogP contribution in [0.25, 0.3) is 10.6 Å². The predicted octanol–water partition coefficient (Wildman–Crippen LogP) is 4.41. The smallest absolute Gasteiger partial charge is 0.239 e. The highest BCUT2D eigenvalue weighted by molar-refractivity contribution is 8.39. The maximum Gasteiger partial charge on any atom is 0.239 e. The number of benzene rings is 1. The molecule has 1 unspecified atom stereocenters. The molecule has 1 amide bonds. The van der Waals surface area contributed by atoms with E-state index < -0.39 is 0 Å². The topological polar surface area (TPSA) is 67.2 Å². The highest BCUT2D eigenvalue weighted by Crippen LogP contribution is 2.32. The Hall–Kier alpha value is -1.09. The molecule has 0 saturated carbocycles. The van der Waals surface area contributed by atoms with Crippen molar-refractivity contribution in [2.75, 3.05) is 17.6 Å². The first-order chi connectivity index (χ1) is 11.7. The van der Waals surface area contributed by atoms with Crippen molar-refractivity contribution in [3.05, 3.63) is 29.3 Å². The van der Waals surface area contributed by atoms with Gasteiger partial charge in [0.25, 0.3) is 0 Å². The number of carbonyl (C=O) groups excluding carboxylic acids is 1. The van der Waals surface area contributed by atoms with E-state index in [-0.39, 0.29) is 11.2 Å². The standard InChI is InChI=1S/C15H15ClN4OS3/c1-2-11(23-15-17-7-8-22-15)12(21)18-14-20-19-13(24-14)9-5-3-4-6-10(9)16/h3-6,11H,2,7-8H2,1H3,(H,18,20,21). The molecule has 0 bridgehead atoms. The van der Waals surface area contributed by atoms with E-state index in [4.69, 9.17) is 11.6 Å². The summed E-state index contributed by atoms with van der Waals surface area (Å²) in [6.45, 7) is 2.83. The molecule has 0 radical (unpaired) electrons. The first-order valence-electron chi connectivity index (χ1n) is 7.40. The second-order valence-electron chi connectivity index (χ2n) is 4.89. The van der Waals surface area contributed by atoms with E-state index in [0.717, 1.165) is 28.7 Å². The van der Waals surface area contributed by atoms with Gasteiger partial charge < -0.3 is 0 Å². The predicted molar refractivity (Wildman–Crippen MR) is 105 cm³/mol. The number of aliphatic imine (C=N–C) groups is 1. The number of hydrogen-bond acceptors (Lipinski definition) is 7. The first kappa shape index (κ1) is 17.7. The molecule has 0 spiro atoms. The van der Waals surface area contributed by atoms with Crippen molar-refractivity contribution in [1.82, 2.24) is 10.2 Å². The average Bonchev–Trinajstić information content (AvgIpc) is 3.24. The fraction of sp³-hybridized carbons (Fsp3) is 0.333. The molecule has 1 aromatic carbocycles. The normalized spacial score (nSPS) is 15.2. The van der Waals surface area contributed by atoms with Crippen LogP contribution in [-0.2, 0) is 4.79 Å².